The summed E-state index contributed by atoms with van der Waals surface area (Å²) in [7, 11) is 0. The van der Waals surface area contributed by atoms with Crippen molar-refractivity contribution in [2.24, 2.45) is 17.8 Å². The van der Waals surface area contributed by atoms with Gasteiger partial charge >= 0.3 is 6.36 Å². The first-order chi connectivity index (χ1) is 17.6. The van der Waals surface area contributed by atoms with Crippen molar-refractivity contribution in [2.75, 3.05) is 19.7 Å². The van der Waals surface area contributed by atoms with Crippen molar-refractivity contribution in [3.8, 4) is 0 Å². The van der Waals surface area contributed by atoms with E-state index in [1.165, 1.54) is 0 Å². The maximum Gasteiger partial charge on any atom is 0.522 e. The Bertz CT molecular complexity index is 1010. The number of carbonyl (C=O) groups excluding carboxylic acids is 4. The highest BCUT2D eigenvalue weighted by atomic mass is 19.4. The highest BCUT2D eigenvalue weighted by molar-refractivity contribution is 6.42. The molecule has 0 aromatic rings. The van der Waals surface area contributed by atoms with Crippen LogP contribution in [-0.2, 0) is 23.9 Å². The fourth-order valence-corrected chi connectivity index (χ4v) is 5.31. The fraction of sp³-hybridized carbons (Fsp3) is 0.708. The van der Waals surface area contributed by atoms with Gasteiger partial charge in [-0.15, -0.1) is 13.2 Å². The number of fused-ring (bicyclic) bond motifs is 1. The molecule has 5 atom stereocenters. The van der Waals surface area contributed by atoms with Crippen LogP contribution in [0.15, 0.2) is 11.8 Å². The zero-order valence-electron chi connectivity index (χ0n) is 21.1. The number of hydrogen-bond donors (Lipinski definition) is 4. The monoisotopic (exact) mass is 548 g/mol. The van der Waals surface area contributed by atoms with Crippen molar-refractivity contribution in [2.45, 2.75) is 70.1 Å². The molecule has 3 aliphatic rings. The summed E-state index contributed by atoms with van der Waals surface area (Å²) in [6.07, 6.45) is -2.27. The Morgan fingerprint density at radius 1 is 1.24 bits per heavy atom. The van der Waals surface area contributed by atoms with E-state index >= 15 is 0 Å². The van der Waals surface area contributed by atoms with Crippen LogP contribution in [0.1, 0.15) is 46.0 Å². The van der Waals surface area contributed by atoms with Crippen molar-refractivity contribution in [3.05, 3.63) is 11.8 Å². The Balaban J connectivity index is 1.81. The summed E-state index contributed by atoms with van der Waals surface area (Å²) in [5, 5.41) is 22.9. The minimum absolute atomic E-state index is 0.0824. The maximum absolute atomic E-state index is 14.0. The summed E-state index contributed by atoms with van der Waals surface area (Å²) in [4.78, 5) is 52.4. The molecule has 0 aromatic heterocycles. The van der Waals surface area contributed by atoms with Gasteiger partial charge in [-0.25, -0.2) is 4.39 Å². The van der Waals surface area contributed by atoms with Gasteiger partial charge in [0.1, 0.15) is 24.1 Å². The molecule has 10 nitrogen and oxygen atoms in total. The number of likely N-dealkylation sites (tertiary alicyclic amines) is 1. The van der Waals surface area contributed by atoms with E-state index in [4.69, 9.17) is 5.41 Å². The largest absolute Gasteiger partial charge is 0.522 e. The van der Waals surface area contributed by atoms with Crippen molar-refractivity contribution >= 4 is 29.2 Å². The van der Waals surface area contributed by atoms with E-state index in [1.54, 1.807) is 0 Å². The molecule has 2 saturated heterocycles. The lowest BCUT2D eigenvalue weighted by Crippen LogP contribution is -2.54. The summed E-state index contributed by atoms with van der Waals surface area (Å²) in [6.45, 7) is 1.15. The van der Waals surface area contributed by atoms with Gasteiger partial charge < -0.3 is 20.6 Å². The number of hydrogen-bond acceptors (Lipinski definition) is 7. The van der Waals surface area contributed by atoms with Crippen LogP contribution in [0.25, 0.3) is 0 Å². The number of carbonyl (C=O) groups is 4. The van der Waals surface area contributed by atoms with E-state index in [1.807, 2.05) is 0 Å². The topological polar surface area (TPSA) is 149 Å². The Kier molecular flexibility index (Phi) is 8.84. The minimum Gasteiger partial charge on any atom is -0.509 e. The minimum atomic E-state index is -5.08. The van der Waals surface area contributed by atoms with Crippen LogP contribution in [0.3, 0.4) is 0 Å². The van der Waals surface area contributed by atoms with Crippen LogP contribution in [0, 0.1) is 23.2 Å². The third kappa shape index (κ3) is 7.08. The molecule has 4 N–H and O–H groups in total. The molecule has 38 heavy (non-hydrogen) atoms. The highest BCUT2D eigenvalue weighted by Gasteiger charge is 2.50. The average Bonchev–Trinajstić information content (AvgIpc) is 3.51. The Labute approximate surface area is 216 Å². The van der Waals surface area contributed by atoms with Crippen LogP contribution >= 0.6 is 0 Å². The van der Waals surface area contributed by atoms with E-state index < -0.39 is 71.6 Å². The lowest BCUT2D eigenvalue weighted by molar-refractivity contribution is -0.321. The number of rotatable bonds is 10. The number of aliphatic hydroxyl groups excluding tert-OH is 1. The zero-order chi connectivity index (χ0) is 28.4. The van der Waals surface area contributed by atoms with E-state index in [-0.39, 0.29) is 24.8 Å². The number of allylic oxidation sites excluding steroid dienone is 1. The second-order valence-corrected chi connectivity index (χ2v) is 10.4. The second-order valence-electron chi connectivity index (χ2n) is 10.4. The molecule has 3 amide bonds. The molecular weight excluding hydrogens is 516 g/mol. The van der Waals surface area contributed by atoms with Crippen molar-refractivity contribution in [1.29, 1.82) is 5.41 Å². The molecule has 0 aromatic carbocycles. The van der Waals surface area contributed by atoms with Gasteiger partial charge in [0, 0.05) is 25.1 Å². The molecule has 0 radical (unpaired) electrons. The molecule has 1 saturated carbocycles. The van der Waals surface area contributed by atoms with Gasteiger partial charge in [0.05, 0.1) is 6.04 Å². The first-order valence-electron chi connectivity index (χ1n) is 12.4. The SMILES string of the molecule is CC(C)(F)/C(O)=C/C(=N)C(=O)N1C[C@@H]2CCC[C@@H]2[C@H]1C(=O)N[C@@H](C[C@@H]1CCNC1=O)C(=O)COC(F)(F)F. The second kappa shape index (κ2) is 11.4. The van der Waals surface area contributed by atoms with E-state index in [9.17, 15) is 41.8 Å². The number of nitrogens with one attached hydrogen (secondary N) is 3. The zero-order valence-corrected chi connectivity index (χ0v) is 21.1. The number of ether oxygens (including phenoxy) is 1. The highest BCUT2D eigenvalue weighted by Crippen LogP contribution is 2.42. The molecule has 212 valence electrons. The summed E-state index contributed by atoms with van der Waals surface area (Å²) in [5.41, 5.74) is -2.96. The lowest BCUT2D eigenvalue weighted by atomic mass is 9.92. The molecular formula is C24H32F4N4O6. The molecule has 0 unspecified atom stereocenters. The lowest BCUT2D eigenvalue weighted by Gasteiger charge is -2.29. The van der Waals surface area contributed by atoms with Gasteiger partial charge in [0.2, 0.25) is 11.8 Å². The van der Waals surface area contributed by atoms with Crippen LogP contribution in [0.5, 0.6) is 0 Å². The number of ketones is 1. The fourth-order valence-electron chi connectivity index (χ4n) is 5.31. The van der Waals surface area contributed by atoms with Gasteiger partial charge in [-0.1, -0.05) is 6.42 Å². The summed E-state index contributed by atoms with van der Waals surface area (Å²) >= 11 is 0. The van der Waals surface area contributed by atoms with Gasteiger partial charge in [-0.2, -0.15) is 0 Å². The third-order valence-electron chi connectivity index (χ3n) is 7.31. The van der Waals surface area contributed by atoms with Crippen LogP contribution in [0.2, 0.25) is 0 Å². The first kappa shape index (κ1) is 29.5. The summed E-state index contributed by atoms with van der Waals surface area (Å²) < 4.78 is 55.3. The molecule has 3 rings (SSSR count). The van der Waals surface area contributed by atoms with Crippen molar-refractivity contribution in [3.63, 3.8) is 0 Å². The third-order valence-corrected chi connectivity index (χ3v) is 7.31. The molecule has 2 heterocycles. The Morgan fingerprint density at radius 3 is 2.50 bits per heavy atom. The number of aliphatic hydroxyl groups is 1. The standard InChI is InChI=1S/C24H32F4N4O6/c1-23(2,25)18(34)9-15(29)22(37)32-10-13-4-3-5-14(13)19(32)21(36)31-16(8-12-6-7-30-20(12)35)17(33)11-38-24(26,27)28/h9,12-14,16,19,29,34H,3-8,10-11H2,1-2H3,(H,30,35)(H,31,36)/b18-9-,29-15?/t12-,13-,14-,16-,19-/m0/s1. The number of nitrogens with zero attached hydrogens (tertiary/aromatic N) is 1. The van der Waals surface area contributed by atoms with Crippen LogP contribution in [-0.4, -0.2) is 83.0 Å². The Hall–Kier alpha value is -3.03. The van der Waals surface area contributed by atoms with Gasteiger partial charge in [0.15, 0.2) is 11.5 Å². The number of amides is 3. The smallest absolute Gasteiger partial charge is 0.509 e. The molecule has 3 fully saturated rings. The maximum atomic E-state index is 14.0. The predicted octanol–water partition coefficient (Wildman–Crippen LogP) is 1.94. The summed E-state index contributed by atoms with van der Waals surface area (Å²) in [5.74, 6) is -5.17. The van der Waals surface area contributed by atoms with Crippen molar-refractivity contribution < 1.29 is 46.6 Å². The van der Waals surface area contributed by atoms with E-state index in [0.717, 1.165) is 25.2 Å². The predicted molar refractivity (Wildman–Crippen MR) is 125 cm³/mol. The quantitative estimate of drug-likeness (QED) is 0.186. The van der Waals surface area contributed by atoms with E-state index in [2.05, 4.69) is 15.4 Å². The first-order valence-corrected chi connectivity index (χ1v) is 12.4. The number of Topliss-reactive ketones (excluding diaryl/α,β-unsaturated/α-hetero) is 1. The number of halogens is 4. The molecule has 14 heteroatoms. The summed E-state index contributed by atoms with van der Waals surface area (Å²) in [6, 6.07) is -2.62. The molecule has 0 bridgehead atoms. The molecule has 1 aliphatic carbocycles. The average molecular weight is 549 g/mol. The van der Waals surface area contributed by atoms with Crippen LogP contribution in [0.4, 0.5) is 17.6 Å². The molecule has 2 aliphatic heterocycles. The molecule has 0 spiro atoms. The normalized spacial score (nSPS) is 26.6. The van der Waals surface area contributed by atoms with E-state index in [0.29, 0.717) is 31.9 Å². The Morgan fingerprint density at radius 2 is 1.92 bits per heavy atom. The number of alkyl halides is 4. The van der Waals surface area contributed by atoms with Crippen LogP contribution < -0.4 is 10.6 Å². The van der Waals surface area contributed by atoms with Gasteiger partial charge in [-0.3, -0.25) is 29.3 Å². The van der Waals surface area contributed by atoms with Crippen molar-refractivity contribution in [1.82, 2.24) is 15.5 Å². The van der Waals surface area contributed by atoms with Gasteiger partial charge in [0.25, 0.3) is 5.91 Å². The van der Waals surface area contributed by atoms with Gasteiger partial charge in [-0.05, 0) is 51.4 Å².